The largest absolute Gasteiger partial charge is 0.497 e. The number of carbonyl (C=O) groups excluding carboxylic acids is 1. The van der Waals surface area contributed by atoms with Crippen LogP contribution in [0.15, 0.2) is 42.6 Å². The first-order valence-corrected chi connectivity index (χ1v) is 6.94. The SMILES string of the molecule is COc1ccc2[nH]cc(C(=O)c3ccc(C)cc3Cl)c2c1. The fourth-order valence-electron chi connectivity index (χ4n) is 2.36. The third-order valence-electron chi connectivity index (χ3n) is 3.50. The third kappa shape index (κ3) is 2.41. The van der Waals surface area contributed by atoms with Crippen LogP contribution in [0.2, 0.25) is 5.02 Å². The van der Waals surface area contributed by atoms with E-state index in [0.29, 0.717) is 21.9 Å². The molecule has 3 rings (SSSR count). The van der Waals surface area contributed by atoms with Crippen molar-refractivity contribution in [1.82, 2.24) is 4.98 Å². The number of nitrogens with one attached hydrogen (secondary N) is 1. The monoisotopic (exact) mass is 299 g/mol. The normalized spacial score (nSPS) is 10.8. The van der Waals surface area contributed by atoms with Crippen LogP contribution in [-0.4, -0.2) is 17.9 Å². The van der Waals surface area contributed by atoms with Gasteiger partial charge in [-0.05, 0) is 42.8 Å². The zero-order valence-electron chi connectivity index (χ0n) is 11.7. The topological polar surface area (TPSA) is 42.1 Å². The molecule has 4 heteroatoms. The summed E-state index contributed by atoms with van der Waals surface area (Å²) in [5.41, 5.74) is 3.01. The van der Waals surface area contributed by atoms with Gasteiger partial charge in [0.15, 0.2) is 5.78 Å². The molecular weight excluding hydrogens is 286 g/mol. The van der Waals surface area contributed by atoms with Crippen molar-refractivity contribution in [3.05, 3.63) is 64.3 Å². The Balaban J connectivity index is 2.13. The van der Waals surface area contributed by atoms with E-state index in [1.165, 1.54) is 0 Å². The molecule has 0 atom stereocenters. The Morgan fingerprint density at radius 2 is 1.95 bits per heavy atom. The molecule has 1 N–H and O–H groups in total. The average Bonchev–Trinajstić information content (AvgIpc) is 2.89. The van der Waals surface area contributed by atoms with Crippen LogP contribution in [0.4, 0.5) is 0 Å². The molecule has 0 saturated heterocycles. The van der Waals surface area contributed by atoms with E-state index in [1.807, 2.05) is 31.2 Å². The van der Waals surface area contributed by atoms with Crippen LogP contribution in [-0.2, 0) is 0 Å². The lowest BCUT2D eigenvalue weighted by Crippen LogP contribution is -2.01. The highest BCUT2D eigenvalue weighted by atomic mass is 35.5. The van der Waals surface area contributed by atoms with Crippen molar-refractivity contribution in [1.29, 1.82) is 0 Å². The zero-order valence-corrected chi connectivity index (χ0v) is 12.5. The highest BCUT2D eigenvalue weighted by Gasteiger charge is 2.17. The first-order valence-electron chi connectivity index (χ1n) is 6.56. The van der Waals surface area contributed by atoms with Gasteiger partial charge < -0.3 is 9.72 Å². The number of benzene rings is 2. The molecule has 106 valence electrons. The second-order valence-corrected chi connectivity index (χ2v) is 5.33. The van der Waals surface area contributed by atoms with Crippen molar-refractivity contribution in [3.8, 4) is 5.75 Å². The summed E-state index contributed by atoms with van der Waals surface area (Å²) < 4.78 is 5.22. The standard InChI is InChI=1S/C17H14ClNO2/c1-10-3-5-12(15(18)7-10)17(20)14-9-19-16-6-4-11(21-2)8-13(14)16/h3-9,19H,1-2H3. The number of aromatic nitrogens is 1. The van der Waals surface area contributed by atoms with Crippen molar-refractivity contribution >= 4 is 28.3 Å². The molecule has 2 aromatic carbocycles. The first-order chi connectivity index (χ1) is 10.1. The first kappa shape index (κ1) is 13.7. The summed E-state index contributed by atoms with van der Waals surface area (Å²) >= 11 is 6.20. The molecule has 3 nitrogen and oxygen atoms in total. The molecule has 0 unspecified atom stereocenters. The van der Waals surface area contributed by atoms with Crippen LogP contribution >= 0.6 is 11.6 Å². The quantitative estimate of drug-likeness (QED) is 0.730. The molecule has 1 heterocycles. The van der Waals surface area contributed by atoms with Crippen LogP contribution in [0, 0.1) is 6.92 Å². The van der Waals surface area contributed by atoms with Gasteiger partial charge in [0.2, 0.25) is 0 Å². The maximum absolute atomic E-state index is 12.7. The van der Waals surface area contributed by atoms with Crippen molar-refractivity contribution in [2.75, 3.05) is 7.11 Å². The van der Waals surface area contributed by atoms with E-state index in [0.717, 1.165) is 16.5 Å². The minimum atomic E-state index is -0.0977. The summed E-state index contributed by atoms with van der Waals surface area (Å²) in [6, 6.07) is 11.0. The molecule has 21 heavy (non-hydrogen) atoms. The predicted molar refractivity (Wildman–Crippen MR) is 84.5 cm³/mol. The number of aryl methyl sites for hydroxylation is 1. The molecule has 0 bridgehead atoms. The minimum Gasteiger partial charge on any atom is -0.497 e. The second-order valence-electron chi connectivity index (χ2n) is 4.93. The molecule has 1 aromatic heterocycles. The zero-order chi connectivity index (χ0) is 15.0. The molecule has 0 aliphatic carbocycles. The molecule has 0 spiro atoms. The van der Waals surface area contributed by atoms with Crippen molar-refractivity contribution < 1.29 is 9.53 Å². The number of hydrogen-bond acceptors (Lipinski definition) is 2. The number of carbonyl (C=O) groups is 1. The third-order valence-corrected chi connectivity index (χ3v) is 3.82. The number of rotatable bonds is 3. The van der Waals surface area contributed by atoms with Crippen molar-refractivity contribution in [2.45, 2.75) is 6.92 Å². The number of halogens is 1. The molecule has 0 amide bonds. The molecule has 0 saturated carbocycles. The second kappa shape index (κ2) is 5.26. The molecule has 3 aromatic rings. The number of fused-ring (bicyclic) bond motifs is 1. The summed E-state index contributed by atoms with van der Waals surface area (Å²) in [6.07, 6.45) is 1.71. The van der Waals surface area contributed by atoms with Crippen LogP contribution in [0.3, 0.4) is 0 Å². The van der Waals surface area contributed by atoms with E-state index in [-0.39, 0.29) is 5.78 Å². The Morgan fingerprint density at radius 1 is 1.14 bits per heavy atom. The number of hydrogen-bond donors (Lipinski definition) is 1. The maximum atomic E-state index is 12.7. The Hall–Kier alpha value is -2.26. The van der Waals surface area contributed by atoms with E-state index in [9.17, 15) is 4.79 Å². The number of ketones is 1. The van der Waals surface area contributed by atoms with Crippen LogP contribution in [0.1, 0.15) is 21.5 Å². The summed E-state index contributed by atoms with van der Waals surface area (Å²) in [6.45, 7) is 1.94. The van der Waals surface area contributed by atoms with E-state index >= 15 is 0 Å². The van der Waals surface area contributed by atoms with Crippen molar-refractivity contribution in [3.63, 3.8) is 0 Å². The van der Waals surface area contributed by atoms with E-state index < -0.39 is 0 Å². The average molecular weight is 300 g/mol. The summed E-state index contributed by atoms with van der Waals surface area (Å²) in [5, 5.41) is 1.30. The molecule has 0 fully saturated rings. The number of ether oxygens (including phenoxy) is 1. The van der Waals surface area contributed by atoms with E-state index in [4.69, 9.17) is 16.3 Å². The smallest absolute Gasteiger partial charge is 0.196 e. The van der Waals surface area contributed by atoms with Gasteiger partial charge >= 0.3 is 0 Å². The lowest BCUT2D eigenvalue weighted by atomic mass is 10.0. The predicted octanol–water partition coefficient (Wildman–Crippen LogP) is 4.37. The number of aromatic amines is 1. The maximum Gasteiger partial charge on any atom is 0.196 e. The number of methoxy groups -OCH3 is 1. The van der Waals surface area contributed by atoms with Crippen LogP contribution in [0.5, 0.6) is 5.75 Å². The van der Waals surface area contributed by atoms with Crippen LogP contribution < -0.4 is 4.74 Å². The van der Waals surface area contributed by atoms with E-state index in [2.05, 4.69) is 4.98 Å². The van der Waals surface area contributed by atoms with Gasteiger partial charge in [-0.15, -0.1) is 0 Å². The van der Waals surface area contributed by atoms with Gasteiger partial charge in [-0.2, -0.15) is 0 Å². The molecule has 0 radical (unpaired) electrons. The van der Waals surface area contributed by atoms with E-state index in [1.54, 1.807) is 25.4 Å². The summed E-state index contributed by atoms with van der Waals surface area (Å²) in [7, 11) is 1.60. The Labute approximate surface area is 127 Å². The lowest BCUT2D eigenvalue weighted by molar-refractivity contribution is 0.104. The molecule has 0 aliphatic rings. The minimum absolute atomic E-state index is 0.0977. The number of H-pyrrole nitrogens is 1. The van der Waals surface area contributed by atoms with Gasteiger partial charge in [-0.25, -0.2) is 0 Å². The van der Waals surface area contributed by atoms with Gasteiger partial charge in [0, 0.05) is 28.2 Å². The van der Waals surface area contributed by atoms with Gasteiger partial charge in [0.05, 0.1) is 12.1 Å². The highest BCUT2D eigenvalue weighted by molar-refractivity contribution is 6.35. The Bertz CT molecular complexity index is 836. The Kier molecular flexibility index (Phi) is 3.43. The summed E-state index contributed by atoms with van der Waals surface area (Å²) in [4.78, 5) is 15.8. The van der Waals surface area contributed by atoms with Crippen molar-refractivity contribution in [2.24, 2.45) is 0 Å². The fourth-order valence-corrected chi connectivity index (χ4v) is 2.68. The molecule has 0 aliphatic heterocycles. The van der Waals surface area contributed by atoms with Gasteiger partial charge in [0.25, 0.3) is 0 Å². The summed E-state index contributed by atoms with van der Waals surface area (Å²) in [5.74, 6) is 0.616. The molecular formula is C17H14ClNO2. The Morgan fingerprint density at radius 3 is 2.67 bits per heavy atom. The highest BCUT2D eigenvalue weighted by Crippen LogP contribution is 2.27. The van der Waals surface area contributed by atoms with Gasteiger partial charge in [0.1, 0.15) is 5.75 Å². The van der Waals surface area contributed by atoms with Gasteiger partial charge in [-0.3, -0.25) is 4.79 Å². The lowest BCUT2D eigenvalue weighted by Gasteiger charge is -2.05. The van der Waals surface area contributed by atoms with Gasteiger partial charge in [-0.1, -0.05) is 17.7 Å². The van der Waals surface area contributed by atoms with Crippen LogP contribution in [0.25, 0.3) is 10.9 Å². The fraction of sp³-hybridized carbons (Fsp3) is 0.118.